The number of imidazole rings is 1. The van der Waals surface area contributed by atoms with Crippen LogP contribution in [0.1, 0.15) is 27.4 Å². The zero-order chi connectivity index (χ0) is 19.1. The number of nitrogens with one attached hydrogen (secondary N) is 3. The number of H-pyrrole nitrogens is 1. The third kappa shape index (κ3) is 5.46. The van der Waals surface area contributed by atoms with Gasteiger partial charge in [-0.25, -0.2) is 15.0 Å². The number of aromatic amines is 1. The van der Waals surface area contributed by atoms with Gasteiger partial charge in [0.15, 0.2) is 0 Å². The van der Waals surface area contributed by atoms with Crippen LogP contribution in [0.5, 0.6) is 0 Å². The van der Waals surface area contributed by atoms with Crippen molar-refractivity contribution in [1.29, 1.82) is 0 Å². The highest BCUT2D eigenvalue weighted by Crippen LogP contribution is 2.04. The van der Waals surface area contributed by atoms with Gasteiger partial charge in [-0.1, -0.05) is 18.2 Å². The number of hydrogen-bond donors (Lipinski definition) is 3. The molecule has 2 heterocycles. The highest BCUT2D eigenvalue weighted by molar-refractivity contribution is 6.09. The number of carbonyl (C=O) groups is 1. The number of aromatic nitrogens is 4. The van der Waals surface area contributed by atoms with Gasteiger partial charge in [0, 0.05) is 41.8 Å². The summed E-state index contributed by atoms with van der Waals surface area (Å²) < 4.78 is 0. The van der Waals surface area contributed by atoms with E-state index >= 15 is 0 Å². The fourth-order valence-corrected chi connectivity index (χ4v) is 2.48. The molecule has 0 aliphatic rings. The van der Waals surface area contributed by atoms with Gasteiger partial charge in [-0.3, -0.25) is 20.4 Å². The van der Waals surface area contributed by atoms with Crippen molar-refractivity contribution in [2.75, 3.05) is 11.9 Å². The van der Waals surface area contributed by atoms with Crippen LogP contribution >= 0.6 is 0 Å². The summed E-state index contributed by atoms with van der Waals surface area (Å²) >= 11 is 0. The van der Waals surface area contributed by atoms with Gasteiger partial charge in [-0.2, -0.15) is 0 Å². The summed E-state index contributed by atoms with van der Waals surface area (Å²) in [5.74, 6) is 0.433. The van der Waals surface area contributed by atoms with E-state index in [9.17, 15) is 4.79 Å². The van der Waals surface area contributed by atoms with E-state index in [4.69, 9.17) is 0 Å². The van der Waals surface area contributed by atoms with Crippen molar-refractivity contribution in [3.63, 3.8) is 0 Å². The van der Waals surface area contributed by atoms with Crippen molar-refractivity contribution in [3.8, 4) is 0 Å². The van der Waals surface area contributed by atoms with Crippen molar-refractivity contribution >= 4 is 17.8 Å². The van der Waals surface area contributed by atoms with E-state index in [1.807, 2.05) is 38.1 Å². The number of aliphatic imine (C=N–C) groups is 1. The monoisotopic (exact) mass is 363 g/mol. The Balaban J connectivity index is 1.75. The minimum Gasteiger partial charge on any atom is -0.348 e. The SMILES string of the molecule is Cc1cc(C)nc(NC(=NCCc2cnc[nH]2)NC(=O)c2ccccc2)n1. The average molecular weight is 363 g/mol. The Morgan fingerprint density at radius 3 is 2.56 bits per heavy atom. The molecule has 8 heteroatoms. The maximum absolute atomic E-state index is 12.5. The molecule has 0 radical (unpaired) electrons. The van der Waals surface area contributed by atoms with E-state index in [1.165, 1.54) is 0 Å². The Labute approximate surface area is 157 Å². The fraction of sp³-hybridized carbons (Fsp3) is 0.211. The van der Waals surface area contributed by atoms with Crippen molar-refractivity contribution in [2.45, 2.75) is 20.3 Å². The summed E-state index contributed by atoms with van der Waals surface area (Å²) in [5, 5.41) is 5.81. The lowest BCUT2D eigenvalue weighted by molar-refractivity contribution is 0.0977. The fourth-order valence-electron chi connectivity index (χ4n) is 2.48. The van der Waals surface area contributed by atoms with Crippen molar-refractivity contribution < 1.29 is 4.79 Å². The van der Waals surface area contributed by atoms with E-state index in [0.717, 1.165) is 17.1 Å². The largest absolute Gasteiger partial charge is 0.348 e. The van der Waals surface area contributed by atoms with Crippen molar-refractivity contribution in [3.05, 3.63) is 71.6 Å². The van der Waals surface area contributed by atoms with Gasteiger partial charge in [0.25, 0.3) is 5.91 Å². The number of anilines is 1. The number of rotatable bonds is 5. The molecule has 27 heavy (non-hydrogen) atoms. The number of benzene rings is 1. The topological polar surface area (TPSA) is 108 Å². The Morgan fingerprint density at radius 1 is 1.15 bits per heavy atom. The second kappa shape index (κ2) is 8.70. The summed E-state index contributed by atoms with van der Waals surface area (Å²) in [6.07, 6.45) is 4.04. The molecule has 0 spiro atoms. The second-order valence-corrected chi connectivity index (χ2v) is 5.98. The van der Waals surface area contributed by atoms with Gasteiger partial charge >= 0.3 is 0 Å². The van der Waals surface area contributed by atoms with E-state index < -0.39 is 0 Å². The van der Waals surface area contributed by atoms with Crippen LogP contribution in [-0.2, 0) is 6.42 Å². The zero-order valence-electron chi connectivity index (χ0n) is 15.2. The number of hydrogen-bond acceptors (Lipinski definition) is 5. The van der Waals surface area contributed by atoms with Gasteiger partial charge < -0.3 is 4.98 Å². The van der Waals surface area contributed by atoms with Crippen molar-refractivity contribution in [2.24, 2.45) is 4.99 Å². The van der Waals surface area contributed by atoms with Gasteiger partial charge in [-0.15, -0.1) is 0 Å². The molecule has 0 bridgehead atoms. The highest BCUT2D eigenvalue weighted by atomic mass is 16.1. The lowest BCUT2D eigenvalue weighted by Gasteiger charge is -2.11. The molecule has 0 saturated heterocycles. The zero-order valence-corrected chi connectivity index (χ0v) is 15.2. The molecule has 138 valence electrons. The first-order valence-corrected chi connectivity index (χ1v) is 8.57. The molecule has 1 aromatic carbocycles. The summed E-state index contributed by atoms with van der Waals surface area (Å²) in [5.41, 5.74) is 3.17. The molecule has 3 N–H and O–H groups in total. The molecule has 3 aromatic rings. The Bertz CT molecular complexity index is 900. The molecule has 0 unspecified atom stereocenters. The lowest BCUT2D eigenvalue weighted by atomic mass is 10.2. The molecule has 0 atom stereocenters. The number of carbonyl (C=O) groups excluding carboxylic acids is 1. The van der Waals surface area contributed by atoms with Crippen LogP contribution in [0.4, 0.5) is 5.95 Å². The summed E-state index contributed by atoms with van der Waals surface area (Å²) in [6.45, 7) is 4.24. The third-order valence-corrected chi connectivity index (χ3v) is 3.69. The average Bonchev–Trinajstić information content (AvgIpc) is 3.15. The summed E-state index contributed by atoms with van der Waals surface area (Å²) in [7, 11) is 0. The minimum atomic E-state index is -0.257. The van der Waals surface area contributed by atoms with Crippen LogP contribution in [-0.4, -0.2) is 38.3 Å². The first kappa shape index (κ1) is 18.2. The van der Waals surface area contributed by atoms with E-state index in [1.54, 1.807) is 24.7 Å². The molecule has 1 amide bonds. The van der Waals surface area contributed by atoms with Crippen LogP contribution in [0.2, 0.25) is 0 Å². The number of aryl methyl sites for hydroxylation is 2. The maximum atomic E-state index is 12.5. The quantitative estimate of drug-likeness (QED) is 0.476. The molecule has 0 fully saturated rings. The summed E-state index contributed by atoms with van der Waals surface area (Å²) in [6, 6.07) is 10.8. The van der Waals surface area contributed by atoms with Gasteiger partial charge in [0.05, 0.1) is 6.33 Å². The summed E-state index contributed by atoms with van der Waals surface area (Å²) in [4.78, 5) is 32.6. The normalized spacial score (nSPS) is 11.3. The lowest BCUT2D eigenvalue weighted by Crippen LogP contribution is -2.37. The minimum absolute atomic E-state index is 0.257. The Morgan fingerprint density at radius 2 is 1.89 bits per heavy atom. The first-order valence-electron chi connectivity index (χ1n) is 8.57. The molecule has 3 rings (SSSR count). The van der Waals surface area contributed by atoms with Crippen molar-refractivity contribution in [1.82, 2.24) is 25.3 Å². The molecule has 0 saturated carbocycles. The van der Waals surface area contributed by atoms with Crippen LogP contribution in [0.3, 0.4) is 0 Å². The number of amides is 1. The van der Waals surface area contributed by atoms with Gasteiger partial charge in [-0.05, 0) is 32.0 Å². The van der Waals surface area contributed by atoms with Gasteiger partial charge in [0.2, 0.25) is 11.9 Å². The van der Waals surface area contributed by atoms with Gasteiger partial charge in [0.1, 0.15) is 0 Å². The first-order chi connectivity index (χ1) is 13.1. The third-order valence-electron chi connectivity index (χ3n) is 3.69. The van der Waals surface area contributed by atoms with Crippen LogP contribution in [0.25, 0.3) is 0 Å². The predicted octanol–water partition coefficient (Wildman–Crippen LogP) is 2.26. The standard InChI is InChI=1S/C19H21N7O/c1-13-10-14(2)24-19(23-13)26-18(21-9-8-16-11-20-12-22-16)25-17(27)15-6-4-3-5-7-15/h3-7,10-12H,8-9H2,1-2H3,(H,20,22)(H2,21,23,24,25,26,27). The Hall–Kier alpha value is -3.55. The molecule has 8 nitrogen and oxygen atoms in total. The number of guanidine groups is 1. The maximum Gasteiger partial charge on any atom is 0.257 e. The van der Waals surface area contributed by atoms with E-state index in [0.29, 0.717) is 30.4 Å². The molecule has 0 aliphatic carbocycles. The van der Waals surface area contributed by atoms with Crippen LogP contribution in [0, 0.1) is 13.8 Å². The predicted molar refractivity (Wildman–Crippen MR) is 104 cm³/mol. The molecular weight excluding hydrogens is 342 g/mol. The molecule has 2 aromatic heterocycles. The second-order valence-electron chi connectivity index (χ2n) is 5.98. The smallest absolute Gasteiger partial charge is 0.257 e. The molecular formula is C19H21N7O. The molecule has 0 aliphatic heterocycles. The van der Waals surface area contributed by atoms with Crippen LogP contribution < -0.4 is 10.6 Å². The van der Waals surface area contributed by atoms with E-state index in [-0.39, 0.29) is 5.91 Å². The van der Waals surface area contributed by atoms with Crippen LogP contribution in [0.15, 0.2) is 53.9 Å². The highest BCUT2D eigenvalue weighted by Gasteiger charge is 2.10. The van der Waals surface area contributed by atoms with E-state index in [2.05, 4.69) is 35.6 Å². The Kier molecular flexibility index (Phi) is 5.88. The number of nitrogens with zero attached hydrogens (tertiary/aromatic N) is 4.